The normalized spacial score (nSPS) is 16.4. The molecular weight excluding hydrogens is 325 g/mol. The highest BCUT2D eigenvalue weighted by Crippen LogP contribution is 2.47. The first kappa shape index (κ1) is 16.8. The summed E-state index contributed by atoms with van der Waals surface area (Å²) in [6.45, 7) is 0.562. The van der Waals surface area contributed by atoms with Crippen LogP contribution in [0.3, 0.4) is 0 Å². The van der Waals surface area contributed by atoms with Crippen molar-refractivity contribution in [2.45, 2.75) is 24.0 Å². The van der Waals surface area contributed by atoms with Gasteiger partial charge in [0.15, 0.2) is 0 Å². The molecule has 0 aromatic heterocycles. The summed E-state index contributed by atoms with van der Waals surface area (Å²) in [6.07, 6.45) is 2.10. The van der Waals surface area contributed by atoms with Crippen LogP contribution in [0.25, 0.3) is 0 Å². The fraction of sp³-hybridized carbons (Fsp3) is 0.316. The van der Waals surface area contributed by atoms with Crippen molar-refractivity contribution < 1.29 is 13.4 Å². The topological polar surface area (TPSA) is 46.2 Å². The molecule has 0 bridgehead atoms. The molecule has 2 aromatic rings. The van der Waals surface area contributed by atoms with Crippen LogP contribution < -0.4 is 5.32 Å². The molecule has 0 heterocycles. The number of hydrogen-bond acceptors (Lipinski definition) is 2. The van der Waals surface area contributed by atoms with Gasteiger partial charge in [0.25, 0.3) is 0 Å². The van der Waals surface area contributed by atoms with Gasteiger partial charge < -0.3 is 5.32 Å². The summed E-state index contributed by atoms with van der Waals surface area (Å²) >= 11 is 0. The van der Waals surface area contributed by atoms with E-state index in [1.165, 1.54) is 11.6 Å². The molecule has 126 valence electrons. The number of halogens is 1. The highest BCUT2D eigenvalue weighted by molar-refractivity contribution is 7.84. The lowest BCUT2D eigenvalue weighted by Crippen LogP contribution is -2.35. The second-order valence-electron chi connectivity index (χ2n) is 6.24. The van der Waals surface area contributed by atoms with Crippen LogP contribution in [0.1, 0.15) is 24.0 Å². The Morgan fingerprint density at radius 3 is 2.42 bits per heavy atom. The molecule has 0 spiro atoms. The molecule has 2 aromatic carbocycles. The number of carbonyl (C=O) groups is 1. The van der Waals surface area contributed by atoms with E-state index >= 15 is 0 Å². The molecule has 1 saturated carbocycles. The van der Waals surface area contributed by atoms with Crippen LogP contribution in [0.15, 0.2) is 54.6 Å². The molecule has 1 N–H and O–H groups in total. The quantitative estimate of drug-likeness (QED) is 0.839. The summed E-state index contributed by atoms with van der Waals surface area (Å²) in [7, 11) is -1.42. The molecule has 1 amide bonds. The Kier molecular flexibility index (Phi) is 5.09. The third kappa shape index (κ3) is 4.09. The largest absolute Gasteiger partial charge is 0.354 e. The zero-order valence-corrected chi connectivity index (χ0v) is 14.2. The Morgan fingerprint density at radius 1 is 1.08 bits per heavy atom. The van der Waals surface area contributed by atoms with E-state index in [0.29, 0.717) is 12.1 Å². The van der Waals surface area contributed by atoms with Gasteiger partial charge in [0.2, 0.25) is 5.91 Å². The van der Waals surface area contributed by atoms with Crippen LogP contribution in [-0.2, 0) is 26.8 Å². The minimum absolute atomic E-state index is 0.0317. The first-order chi connectivity index (χ1) is 11.6. The van der Waals surface area contributed by atoms with E-state index in [2.05, 4.69) is 17.4 Å². The summed E-state index contributed by atoms with van der Waals surface area (Å²) < 4.78 is 25.6. The highest BCUT2D eigenvalue weighted by atomic mass is 32.2. The van der Waals surface area contributed by atoms with Gasteiger partial charge in [-0.2, -0.15) is 0 Å². The van der Waals surface area contributed by atoms with Crippen LogP contribution in [0, 0.1) is 5.82 Å². The molecule has 0 unspecified atom stereocenters. The van der Waals surface area contributed by atoms with Gasteiger partial charge in [-0.3, -0.25) is 9.00 Å². The summed E-state index contributed by atoms with van der Waals surface area (Å²) in [6, 6.07) is 16.4. The molecule has 1 aliphatic rings. The molecule has 3 rings (SSSR count). The maximum absolute atomic E-state index is 13.6. The lowest BCUT2D eigenvalue weighted by molar-refractivity contribution is -0.118. The third-order valence-corrected chi connectivity index (χ3v) is 5.65. The second-order valence-corrected chi connectivity index (χ2v) is 7.70. The fourth-order valence-electron chi connectivity index (χ4n) is 2.82. The smallest absolute Gasteiger partial charge is 0.232 e. The Bertz CT molecular complexity index is 744. The van der Waals surface area contributed by atoms with Crippen molar-refractivity contribution in [1.29, 1.82) is 0 Å². The van der Waals surface area contributed by atoms with E-state index in [1.807, 2.05) is 18.2 Å². The molecule has 0 aliphatic heterocycles. The van der Waals surface area contributed by atoms with Crippen LogP contribution in [0.4, 0.5) is 4.39 Å². The van der Waals surface area contributed by atoms with Gasteiger partial charge in [-0.25, -0.2) is 4.39 Å². The molecule has 0 saturated heterocycles. The molecular formula is C19H20FNO2S. The van der Waals surface area contributed by atoms with Gasteiger partial charge in [0.05, 0.1) is 5.75 Å². The van der Waals surface area contributed by atoms with E-state index in [1.54, 1.807) is 18.2 Å². The van der Waals surface area contributed by atoms with Crippen molar-refractivity contribution in [2.24, 2.45) is 0 Å². The van der Waals surface area contributed by atoms with Gasteiger partial charge in [-0.15, -0.1) is 0 Å². The van der Waals surface area contributed by atoms with Crippen molar-refractivity contribution in [2.75, 3.05) is 12.3 Å². The number of amides is 1. The van der Waals surface area contributed by atoms with Crippen molar-refractivity contribution in [3.63, 3.8) is 0 Å². The van der Waals surface area contributed by atoms with E-state index in [-0.39, 0.29) is 28.6 Å². The number of benzene rings is 2. The third-order valence-electron chi connectivity index (χ3n) is 4.43. The zero-order valence-electron chi connectivity index (χ0n) is 13.3. The summed E-state index contributed by atoms with van der Waals surface area (Å²) in [4.78, 5) is 12.0. The van der Waals surface area contributed by atoms with E-state index in [9.17, 15) is 13.4 Å². The Labute approximate surface area is 143 Å². The lowest BCUT2D eigenvalue weighted by atomic mass is 9.96. The van der Waals surface area contributed by atoms with Crippen LogP contribution >= 0.6 is 0 Å². The molecule has 1 aliphatic carbocycles. The number of hydrogen-bond donors (Lipinski definition) is 1. The van der Waals surface area contributed by atoms with E-state index < -0.39 is 10.8 Å². The Morgan fingerprint density at radius 2 is 1.75 bits per heavy atom. The predicted molar refractivity (Wildman–Crippen MR) is 93.5 cm³/mol. The van der Waals surface area contributed by atoms with Gasteiger partial charge >= 0.3 is 0 Å². The van der Waals surface area contributed by atoms with Gasteiger partial charge in [0, 0.05) is 28.3 Å². The summed E-state index contributed by atoms with van der Waals surface area (Å²) in [5, 5.41) is 2.89. The van der Waals surface area contributed by atoms with Gasteiger partial charge in [-0.1, -0.05) is 48.5 Å². The standard InChI is InChI=1S/C19H20FNO2S/c20-17-9-5-4-6-15(17)12-24(23)13-18(22)21-14-19(10-11-19)16-7-2-1-3-8-16/h1-9H,10-14H2,(H,21,22)/t24-/m0/s1. The molecule has 5 heteroatoms. The number of nitrogens with one attached hydrogen (secondary N) is 1. The minimum Gasteiger partial charge on any atom is -0.354 e. The van der Waals surface area contributed by atoms with Gasteiger partial charge in [0.1, 0.15) is 11.6 Å². The monoisotopic (exact) mass is 345 g/mol. The lowest BCUT2D eigenvalue weighted by Gasteiger charge is -2.16. The van der Waals surface area contributed by atoms with Crippen molar-refractivity contribution in [3.05, 3.63) is 71.5 Å². The maximum Gasteiger partial charge on any atom is 0.232 e. The minimum atomic E-state index is -1.42. The average molecular weight is 345 g/mol. The van der Waals surface area contributed by atoms with Gasteiger partial charge in [-0.05, 0) is 24.5 Å². The molecule has 0 radical (unpaired) electrons. The molecule has 3 nitrogen and oxygen atoms in total. The average Bonchev–Trinajstić information content (AvgIpc) is 3.37. The fourth-order valence-corrected chi connectivity index (χ4v) is 3.89. The Hall–Kier alpha value is -2.01. The summed E-state index contributed by atoms with van der Waals surface area (Å²) in [5.41, 5.74) is 1.65. The van der Waals surface area contributed by atoms with Crippen molar-refractivity contribution in [3.8, 4) is 0 Å². The SMILES string of the molecule is O=C(C[S@@](=O)Cc1ccccc1F)NCC1(c2ccccc2)CC1. The molecule has 24 heavy (non-hydrogen) atoms. The van der Waals surface area contributed by atoms with Crippen LogP contribution in [0.2, 0.25) is 0 Å². The van der Waals surface area contributed by atoms with Crippen LogP contribution in [-0.4, -0.2) is 22.4 Å². The van der Waals surface area contributed by atoms with E-state index in [4.69, 9.17) is 0 Å². The van der Waals surface area contributed by atoms with Crippen molar-refractivity contribution in [1.82, 2.24) is 5.32 Å². The molecule has 1 atom stereocenters. The predicted octanol–water partition coefficient (Wildman–Crippen LogP) is 2.92. The first-order valence-electron chi connectivity index (χ1n) is 8.00. The zero-order chi connectivity index (χ0) is 17.0. The maximum atomic E-state index is 13.6. The highest BCUT2D eigenvalue weighted by Gasteiger charge is 2.44. The first-order valence-corrected chi connectivity index (χ1v) is 9.48. The van der Waals surface area contributed by atoms with Crippen LogP contribution in [0.5, 0.6) is 0 Å². The number of rotatable bonds is 7. The Balaban J connectivity index is 1.50. The number of carbonyl (C=O) groups excluding carboxylic acids is 1. The van der Waals surface area contributed by atoms with Crippen molar-refractivity contribution >= 4 is 16.7 Å². The second kappa shape index (κ2) is 7.26. The van der Waals surface area contributed by atoms with E-state index in [0.717, 1.165) is 12.8 Å². The molecule has 1 fully saturated rings. The summed E-state index contributed by atoms with van der Waals surface area (Å²) in [5.74, 6) is -0.664.